The number of carbonyl (C=O) groups is 1. The second-order valence-electron chi connectivity index (χ2n) is 9.78. The first-order valence-corrected chi connectivity index (χ1v) is 13.6. The van der Waals surface area contributed by atoms with Crippen LogP contribution in [0.1, 0.15) is 49.3 Å². The fourth-order valence-corrected chi connectivity index (χ4v) is 5.70. The number of carboxylic acids is 1. The molecule has 1 saturated heterocycles. The molecule has 3 aromatic rings. The Kier molecular flexibility index (Phi) is 9.87. The Hall–Kier alpha value is -2.82. The maximum Gasteiger partial charge on any atom is 0.303 e. The van der Waals surface area contributed by atoms with Crippen LogP contribution in [0.25, 0.3) is 10.9 Å². The Labute approximate surface area is 233 Å². The molecule has 8 heteroatoms. The van der Waals surface area contributed by atoms with Gasteiger partial charge in [0.2, 0.25) is 0 Å². The van der Waals surface area contributed by atoms with Crippen LogP contribution in [0.2, 0.25) is 10.0 Å². The monoisotopic (exact) mass is 554 g/mol. The molecule has 0 aliphatic carbocycles. The number of fused-ring (bicyclic) bond motifs is 1. The minimum atomic E-state index is -0.782. The van der Waals surface area contributed by atoms with E-state index in [0.717, 1.165) is 53.7 Å². The molecule has 200 valence electrons. The van der Waals surface area contributed by atoms with Gasteiger partial charge in [0.15, 0.2) is 0 Å². The molecule has 0 amide bonds. The fraction of sp³-hybridized carbons (Fsp3) is 0.400. The molecule has 2 N–H and O–H groups in total. The quantitative estimate of drug-likeness (QED) is 0.305. The lowest BCUT2D eigenvalue weighted by molar-refractivity contribution is -0.137. The zero-order valence-corrected chi connectivity index (χ0v) is 22.9. The van der Waals surface area contributed by atoms with E-state index in [1.54, 1.807) is 25.4 Å². The number of ether oxygens (including phenoxy) is 1. The first-order chi connectivity index (χ1) is 18.3. The van der Waals surface area contributed by atoms with Crippen LogP contribution in [0.3, 0.4) is 0 Å². The van der Waals surface area contributed by atoms with Gasteiger partial charge in [0.1, 0.15) is 5.75 Å². The van der Waals surface area contributed by atoms with Crippen molar-refractivity contribution in [1.29, 1.82) is 0 Å². The number of rotatable bonds is 9. The standard InChI is InChI=1S/C30H32Cl2N2O4/c1-38-24-8-9-28-26(18-24)25(12-14-33-28)29(35)10-5-20-13-16-34(19-22(20)6-11-30(36)37)15-2-3-21-4-7-23(31)17-27(21)32/h4,7-9,12,14,17-18,20,22,29,35H,5-6,10-11,13,15-16,19H2,1H3,(H,36,37)/t20-,22+,29?/m1/s1. The Balaban J connectivity index is 1.40. The summed E-state index contributed by atoms with van der Waals surface area (Å²) in [4.78, 5) is 18.0. The number of piperidine rings is 1. The summed E-state index contributed by atoms with van der Waals surface area (Å²) in [7, 11) is 1.62. The summed E-state index contributed by atoms with van der Waals surface area (Å²) in [6, 6.07) is 12.8. The summed E-state index contributed by atoms with van der Waals surface area (Å²) in [5, 5.41) is 22.4. The van der Waals surface area contributed by atoms with Crippen molar-refractivity contribution in [3.8, 4) is 17.6 Å². The number of halogens is 2. The highest BCUT2D eigenvalue weighted by Gasteiger charge is 2.30. The zero-order valence-electron chi connectivity index (χ0n) is 21.4. The number of benzene rings is 2. The molecule has 0 saturated carbocycles. The van der Waals surface area contributed by atoms with Gasteiger partial charge in [-0.2, -0.15) is 0 Å². The van der Waals surface area contributed by atoms with Gasteiger partial charge < -0.3 is 14.9 Å². The predicted octanol–water partition coefficient (Wildman–Crippen LogP) is 6.22. The van der Waals surface area contributed by atoms with Crippen molar-refractivity contribution in [2.45, 2.75) is 38.2 Å². The molecule has 1 aromatic heterocycles. The molecule has 0 radical (unpaired) electrons. The summed E-state index contributed by atoms with van der Waals surface area (Å²) in [6.45, 7) is 2.25. The van der Waals surface area contributed by atoms with Gasteiger partial charge in [0.05, 0.1) is 30.3 Å². The van der Waals surface area contributed by atoms with Gasteiger partial charge in [-0.25, -0.2) is 0 Å². The summed E-state index contributed by atoms with van der Waals surface area (Å²) >= 11 is 12.2. The first kappa shape index (κ1) is 28.2. The van der Waals surface area contributed by atoms with E-state index in [9.17, 15) is 15.0 Å². The molecule has 1 unspecified atom stereocenters. The minimum Gasteiger partial charge on any atom is -0.497 e. The number of carboxylic acid groups (broad SMARTS) is 1. The van der Waals surface area contributed by atoms with E-state index in [1.807, 2.05) is 30.3 Å². The molecule has 6 nitrogen and oxygen atoms in total. The number of methoxy groups -OCH3 is 1. The van der Waals surface area contributed by atoms with Crippen molar-refractivity contribution in [3.05, 3.63) is 69.8 Å². The van der Waals surface area contributed by atoms with E-state index in [-0.39, 0.29) is 12.3 Å². The maximum atomic E-state index is 11.3. The van der Waals surface area contributed by atoms with Crippen molar-refractivity contribution in [3.63, 3.8) is 0 Å². The van der Waals surface area contributed by atoms with Crippen molar-refractivity contribution in [2.24, 2.45) is 11.8 Å². The van der Waals surface area contributed by atoms with Crippen molar-refractivity contribution < 1.29 is 19.7 Å². The van der Waals surface area contributed by atoms with Gasteiger partial charge in [0.25, 0.3) is 0 Å². The third kappa shape index (κ3) is 7.39. The molecule has 1 aliphatic rings. The number of hydrogen-bond acceptors (Lipinski definition) is 5. The van der Waals surface area contributed by atoms with Crippen LogP contribution in [0, 0.1) is 23.7 Å². The van der Waals surface area contributed by atoms with Crippen LogP contribution < -0.4 is 4.74 Å². The van der Waals surface area contributed by atoms with Crippen LogP contribution in [0.5, 0.6) is 5.75 Å². The molecule has 2 heterocycles. The normalized spacial score (nSPS) is 18.5. The zero-order chi connectivity index (χ0) is 27.1. The molecule has 38 heavy (non-hydrogen) atoms. The van der Waals surface area contributed by atoms with E-state index in [0.29, 0.717) is 35.3 Å². The molecular formula is C30H32Cl2N2O4. The highest BCUT2D eigenvalue weighted by atomic mass is 35.5. The molecule has 2 aromatic carbocycles. The van der Waals surface area contributed by atoms with Gasteiger partial charge in [-0.05, 0) is 92.1 Å². The number of aliphatic hydroxyl groups is 1. The summed E-state index contributed by atoms with van der Waals surface area (Å²) in [6.07, 6.45) is 4.18. The average Bonchev–Trinajstić information content (AvgIpc) is 2.91. The van der Waals surface area contributed by atoms with E-state index in [4.69, 9.17) is 27.9 Å². The van der Waals surface area contributed by atoms with Gasteiger partial charge in [0, 0.05) is 35.1 Å². The Morgan fingerprint density at radius 2 is 2.03 bits per heavy atom. The van der Waals surface area contributed by atoms with Gasteiger partial charge in [-0.3, -0.25) is 14.7 Å². The number of likely N-dealkylation sites (tertiary alicyclic amines) is 1. The predicted molar refractivity (Wildman–Crippen MR) is 151 cm³/mol. The number of aromatic nitrogens is 1. The lowest BCUT2D eigenvalue weighted by Gasteiger charge is -2.38. The van der Waals surface area contributed by atoms with Crippen LogP contribution >= 0.6 is 23.2 Å². The molecule has 0 spiro atoms. The summed E-state index contributed by atoms with van der Waals surface area (Å²) in [5.41, 5.74) is 2.39. The highest BCUT2D eigenvalue weighted by Crippen LogP contribution is 2.35. The first-order valence-electron chi connectivity index (χ1n) is 12.8. The van der Waals surface area contributed by atoms with E-state index >= 15 is 0 Å². The SMILES string of the molecule is COc1ccc2nccc(C(O)CC[C@@H]3CCN(CC#Cc4ccc(Cl)cc4Cl)C[C@@H]3CCC(=O)O)c2c1. The van der Waals surface area contributed by atoms with Crippen LogP contribution in [-0.4, -0.2) is 52.8 Å². The Morgan fingerprint density at radius 3 is 2.79 bits per heavy atom. The number of aliphatic hydroxyl groups excluding tert-OH is 1. The number of pyridine rings is 1. The van der Waals surface area contributed by atoms with E-state index in [2.05, 4.69) is 21.7 Å². The maximum absolute atomic E-state index is 11.3. The van der Waals surface area contributed by atoms with E-state index < -0.39 is 12.1 Å². The van der Waals surface area contributed by atoms with Gasteiger partial charge >= 0.3 is 5.97 Å². The Bertz CT molecular complexity index is 1340. The summed E-state index contributed by atoms with van der Waals surface area (Å²) < 4.78 is 5.36. The van der Waals surface area contributed by atoms with Crippen LogP contribution in [-0.2, 0) is 4.79 Å². The highest BCUT2D eigenvalue weighted by molar-refractivity contribution is 6.35. The van der Waals surface area contributed by atoms with E-state index in [1.165, 1.54) is 0 Å². The molecule has 0 bridgehead atoms. The molecule has 1 aliphatic heterocycles. The Morgan fingerprint density at radius 1 is 1.18 bits per heavy atom. The second-order valence-corrected chi connectivity index (χ2v) is 10.6. The lowest BCUT2D eigenvalue weighted by atomic mass is 9.79. The van der Waals surface area contributed by atoms with Crippen LogP contribution in [0.4, 0.5) is 0 Å². The molecule has 1 fully saturated rings. The largest absolute Gasteiger partial charge is 0.497 e. The van der Waals surface area contributed by atoms with Crippen LogP contribution in [0.15, 0.2) is 48.7 Å². The van der Waals surface area contributed by atoms with Gasteiger partial charge in [-0.1, -0.05) is 35.0 Å². The average molecular weight is 556 g/mol. The topological polar surface area (TPSA) is 82.9 Å². The second kappa shape index (κ2) is 13.3. The number of hydrogen-bond donors (Lipinski definition) is 2. The third-order valence-corrected chi connectivity index (χ3v) is 7.86. The molecular weight excluding hydrogens is 523 g/mol. The molecule has 3 atom stereocenters. The van der Waals surface area contributed by atoms with Gasteiger partial charge in [-0.15, -0.1) is 0 Å². The third-order valence-electron chi connectivity index (χ3n) is 7.31. The smallest absolute Gasteiger partial charge is 0.303 e. The fourth-order valence-electron chi connectivity index (χ4n) is 5.24. The summed E-state index contributed by atoms with van der Waals surface area (Å²) in [5.74, 6) is 6.83. The van der Waals surface area contributed by atoms with Crippen molar-refractivity contribution in [1.82, 2.24) is 9.88 Å². The van der Waals surface area contributed by atoms with Crippen molar-refractivity contribution >= 4 is 40.1 Å². The molecule has 4 rings (SSSR count). The lowest BCUT2D eigenvalue weighted by Crippen LogP contribution is -2.41. The number of aliphatic carboxylic acids is 1. The minimum absolute atomic E-state index is 0.137. The number of nitrogens with zero attached hydrogens (tertiary/aromatic N) is 2. The van der Waals surface area contributed by atoms with Crippen molar-refractivity contribution in [2.75, 3.05) is 26.7 Å².